The van der Waals surface area contributed by atoms with Crippen LogP contribution in [0.4, 0.5) is 0 Å². The molecule has 1 unspecified atom stereocenters. The second-order valence-corrected chi connectivity index (χ2v) is 23.0. The van der Waals surface area contributed by atoms with Gasteiger partial charge >= 0.3 is 23.9 Å². The van der Waals surface area contributed by atoms with Gasteiger partial charge in [-0.2, -0.15) is 0 Å². The fourth-order valence-electron chi connectivity index (χ4n) is 9.23. The summed E-state index contributed by atoms with van der Waals surface area (Å²) in [7, 11) is 0. The van der Waals surface area contributed by atoms with Gasteiger partial charge in [-0.3, -0.25) is 19.2 Å². The zero-order valence-corrected chi connectivity index (χ0v) is 57.8. The van der Waals surface area contributed by atoms with Crippen LogP contribution in [0.15, 0.2) is 36.5 Å². The Morgan fingerprint density at radius 2 is 0.780 bits per heavy atom. The molecule has 20 nitrogen and oxygen atoms in total. The van der Waals surface area contributed by atoms with Gasteiger partial charge in [-0.25, -0.2) is 9.59 Å². The van der Waals surface area contributed by atoms with Crippen LogP contribution in [0.5, 0.6) is 0 Å². The number of esters is 3. The van der Waals surface area contributed by atoms with Crippen LogP contribution in [0.25, 0.3) is 0 Å². The van der Waals surface area contributed by atoms with Crippen LogP contribution in [-0.2, 0) is 66.7 Å². The van der Waals surface area contributed by atoms with Crippen molar-refractivity contribution in [3.8, 4) is 0 Å². The third kappa shape index (κ3) is 73.2. The van der Waals surface area contributed by atoms with Gasteiger partial charge in [0.05, 0.1) is 92.3 Å². The first-order valence-electron chi connectivity index (χ1n) is 35.7. The number of cyclic esters (lactones) is 2. The summed E-state index contributed by atoms with van der Waals surface area (Å²) in [6, 6.07) is -0.970. The molecule has 0 aromatic rings. The number of carboxylic acids is 1. The summed E-state index contributed by atoms with van der Waals surface area (Å²) in [5.74, 6) is -2.59. The largest absolute Gasteiger partial charge is 0.480 e. The van der Waals surface area contributed by atoms with Gasteiger partial charge in [0.15, 0.2) is 0 Å². The second kappa shape index (κ2) is 74.9. The molecule has 20 heteroatoms. The van der Waals surface area contributed by atoms with Crippen LogP contribution < -0.4 is 16.0 Å². The Bertz CT molecular complexity index is 1710. The van der Waals surface area contributed by atoms with Crippen LogP contribution >= 0.6 is 0 Å². The molecule has 1 aliphatic rings. The standard InChI is InChI=1S/C41H79N3O8.C26H51NO5.C4H2O3/c1-4-7-10-11-12-13-14-15-16-17-18-19-20-21-22-24-39(45)43-26-30-49-31-32-50-33-34-51-35-36-52-40(46)37-38(41(47)48)42-25-23-29-44(27-8-5-2)28-9-6-3;1-2-3-4-5-6-7-8-9-10-11-12-13-14-15-16-17-26(29)27-18-20-30-22-24-32-25-23-31-21-19-28;5-3-1-2-4(6)7-3/h15-16,38,42H,4-14,17-37H2,1-3H3,(H,43,45)(H,47,48);9-10,28H,2-8,11-25H2,1H3,(H,27,29);1-2H/b16-15-;10-9-;. The topological polar surface area (TPSA) is 256 Å². The molecular weight excluding hydrogens is 1160 g/mol. The van der Waals surface area contributed by atoms with Gasteiger partial charge in [0.1, 0.15) is 12.6 Å². The number of carboxylic acid groups (broad SMARTS) is 1. The normalized spacial score (nSPS) is 12.3. The van der Waals surface area contributed by atoms with Gasteiger partial charge in [-0.15, -0.1) is 0 Å². The van der Waals surface area contributed by atoms with Gasteiger partial charge in [0, 0.05) is 38.1 Å². The Morgan fingerprint density at radius 1 is 0.440 bits per heavy atom. The van der Waals surface area contributed by atoms with E-state index in [-0.39, 0.29) is 38.1 Å². The van der Waals surface area contributed by atoms with E-state index < -0.39 is 29.9 Å². The van der Waals surface area contributed by atoms with Crippen LogP contribution in [0.2, 0.25) is 0 Å². The number of amides is 2. The molecule has 0 spiro atoms. The van der Waals surface area contributed by atoms with E-state index in [2.05, 4.69) is 77.6 Å². The molecule has 1 atom stereocenters. The molecule has 1 rings (SSSR count). The SMILES string of the molecule is CCCCCCCC/C=C\CCCCCCCC(=O)NCCOCCOCCOCCO.CCCCCCCC/C=C\CCCCCCCC(=O)NCCOCCOCCOCCOC(=O)CC(NCCCN(CCCC)CCCC)C(=O)O.O=C1C=CC(=O)O1. The molecule has 0 radical (unpaired) electrons. The summed E-state index contributed by atoms with van der Waals surface area (Å²) < 4.78 is 41.4. The molecule has 0 aromatic carbocycles. The number of unbranched alkanes of at least 4 members (excludes halogenated alkanes) is 24. The summed E-state index contributed by atoms with van der Waals surface area (Å²) in [4.78, 5) is 69.9. The third-order valence-corrected chi connectivity index (χ3v) is 14.6. The molecule has 0 fully saturated rings. The lowest BCUT2D eigenvalue weighted by molar-refractivity contribution is -0.150. The molecule has 5 N–H and O–H groups in total. The predicted octanol–water partition coefficient (Wildman–Crippen LogP) is 12.3. The van der Waals surface area contributed by atoms with Crippen molar-refractivity contribution in [1.29, 1.82) is 0 Å². The minimum absolute atomic E-state index is 0.0338. The van der Waals surface area contributed by atoms with Crippen molar-refractivity contribution in [2.75, 3.05) is 132 Å². The highest BCUT2D eigenvalue weighted by Crippen LogP contribution is 2.12. The van der Waals surface area contributed by atoms with Crippen molar-refractivity contribution in [2.24, 2.45) is 0 Å². The minimum Gasteiger partial charge on any atom is -0.480 e. The number of carbonyl (C=O) groups is 6. The molecule has 0 bridgehead atoms. The molecule has 532 valence electrons. The zero-order chi connectivity index (χ0) is 66.8. The summed E-state index contributed by atoms with van der Waals surface area (Å²) in [6.45, 7) is 18.6. The molecule has 2 amide bonds. The van der Waals surface area contributed by atoms with Gasteiger partial charge in [0.2, 0.25) is 11.8 Å². The van der Waals surface area contributed by atoms with Gasteiger partial charge in [-0.05, 0) is 110 Å². The summed E-state index contributed by atoms with van der Waals surface area (Å²) in [5.41, 5.74) is 0. The number of aliphatic hydroxyl groups excluding tert-OH is 1. The lowest BCUT2D eigenvalue weighted by Crippen LogP contribution is -2.40. The number of nitrogens with zero attached hydrogens (tertiary/aromatic N) is 1. The first kappa shape index (κ1) is 88.9. The second-order valence-electron chi connectivity index (χ2n) is 23.0. The fourth-order valence-corrected chi connectivity index (χ4v) is 9.23. The lowest BCUT2D eigenvalue weighted by atomic mass is 10.1. The summed E-state index contributed by atoms with van der Waals surface area (Å²) in [6.07, 6.45) is 50.7. The van der Waals surface area contributed by atoms with Gasteiger partial charge in [-0.1, -0.05) is 168 Å². The van der Waals surface area contributed by atoms with Crippen molar-refractivity contribution in [3.63, 3.8) is 0 Å². The quantitative estimate of drug-likeness (QED) is 0.0164. The predicted molar refractivity (Wildman–Crippen MR) is 363 cm³/mol. The van der Waals surface area contributed by atoms with E-state index in [4.69, 9.17) is 38.3 Å². The minimum atomic E-state index is -1.06. The van der Waals surface area contributed by atoms with Crippen molar-refractivity contribution < 1.29 is 76.9 Å². The lowest BCUT2D eigenvalue weighted by Gasteiger charge is -2.22. The number of ether oxygens (including phenoxy) is 8. The van der Waals surface area contributed by atoms with E-state index in [9.17, 15) is 33.9 Å². The Labute approximate surface area is 551 Å². The van der Waals surface area contributed by atoms with Crippen LogP contribution in [-0.4, -0.2) is 189 Å². The van der Waals surface area contributed by atoms with Crippen LogP contribution in [0.3, 0.4) is 0 Å². The highest BCUT2D eigenvalue weighted by molar-refractivity contribution is 6.04. The smallest absolute Gasteiger partial charge is 0.338 e. The Hall–Kier alpha value is -4.12. The Morgan fingerprint density at radius 3 is 1.14 bits per heavy atom. The zero-order valence-electron chi connectivity index (χ0n) is 57.8. The summed E-state index contributed by atoms with van der Waals surface area (Å²) >= 11 is 0. The summed E-state index contributed by atoms with van der Waals surface area (Å²) in [5, 5.41) is 26.9. The van der Waals surface area contributed by atoms with Crippen molar-refractivity contribution >= 4 is 35.7 Å². The number of allylic oxidation sites excluding steroid dienone is 4. The average Bonchev–Trinajstić information content (AvgIpc) is 4.05. The van der Waals surface area contributed by atoms with Crippen LogP contribution in [0, 0.1) is 0 Å². The maximum Gasteiger partial charge on any atom is 0.338 e. The first-order chi connectivity index (χ1) is 44.5. The number of carbonyl (C=O) groups excluding carboxylic acids is 5. The van der Waals surface area contributed by atoms with E-state index in [1.807, 2.05) is 0 Å². The number of rotatable bonds is 67. The molecule has 0 aromatic heterocycles. The number of nitrogens with one attached hydrogen (secondary N) is 3. The molecule has 1 aliphatic heterocycles. The van der Waals surface area contributed by atoms with E-state index in [1.165, 1.54) is 141 Å². The number of aliphatic carboxylic acids is 1. The van der Waals surface area contributed by atoms with Crippen molar-refractivity contribution in [3.05, 3.63) is 36.5 Å². The number of aliphatic hydroxyl groups is 1. The van der Waals surface area contributed by atoms with Crippen LogP contribution in [0.1, 0.15) is 246 Å². The fraction of sp³-hybridized carbons (Fsp3) is 0.831. The van der Waals surface area contributed by atoms with E-state index in [1.54, 1.807) is 0 Å². The van der Waals surface area contributed by atoms with Gasteiger partial charge in [0.25, 0.3) is 0 Å². The Balaban J connectivity index is 0. The number of hydrogen-bond acceptors (Lipinski definition) is 17. The maximum absolute atomic E-state index is 12.2. The van der Waals surface area contributed by atoms with E-state index in [0.29, 0.717) is 105 Å². The van der Waals surface area contributed by atoms with Crippen molar-refractivity contribution in [2.45, 2.75) is 252 Å². The van der Waals surface area contributed by atoms with E-state index >= 15 is 0 Å². The first-order valence-corrected chi connectivity index (χ1v) is 35.7. The van der Waals surface area contributed by atoms with Crippen molar-refractivity contribution in [1.82, 2.24) is 20.9 Å². The molecule has 91 heavy (non-hydrogen) atoms. The molecular formula is C71H132N4O16. The monoisotopic (exact) mass is 1300 g/mol. The molecule has 1 heterocycles. The van der Waals surface area contributed by atoms with Gasteiger partial charge < -0.3 is 69.0 Å². The van der Waals surface area contributed by atoms with E-state index in [0.717, 1.165) is 89.6 Å². The maximum atomic E-state index is 12.2. The Kier molecular flexibility index (Phi) is 73.2. The molecule has 0 saturated heterocycles. The third-order valence-electron chi connectivity index (χ3n) is 14.6. The average molecular weight is 1300 g/mol. The highest BCUT2D eigenvalue weighted by Gasteiger charge is 2.21. The number of hydrogen-bond donors (Lipinski definition) is 5. The highest BCUT2D eigenvalue weighted by atomic mass is 16.6. The molecule has 0 saturated carbocycles. The molecule has 0 aliphatic carbocycles.